The van der Waals surface area contributed by atoms with Gasteiger partial charge >= 0.3 is 0 Å². The minimum atomic E-state index is 0.0292. The first-order valence-electron chi connectivity index (χ1n) is 11.7. The van der Waals surface area contributed by atoms with Crippen molar-refractivity contribution in [3.05, 3.63) is 24.3 Å². The van der Waals surface area contributed by atoms with E-state index in [0.717, 1.165) is 41.9 Å². The van der Waals surface area contributed by atoms with Gasteiger partial charge in [0.15, 0.2) is 5.16 Å². The summed E-state index contributed by atoms with van der Waals surface area (Å²) in [5.41, 5.74) is 1.80. The van der Waals surface area contributed by atoms with Gasteiger partial charge in [-0.25, -0.2) is 4.98 Å². The van der Waals surface area contributed by atoms with E-state index in [2.05, 4.69) is 19.2 Å². The molecule has 1 aliphatic heterocycles. The van der Waals surface area contributed by atoms with E-state index in [1.807, 2.05) is 33.7 Å². The van der Waals surface area contributed by atoms with Crippen molar-refractivity contribution in [2.75, 3.05) is 5.75 Å². The number of nitrogens with one attached hydrogen (secondary N) is 1. The van der Waals surface area contributed by atoms with E-state index < -0.39 is 0 Å². The van der Waals surface area contributed by atoms with E-state index >= 15 is 0 Å². The topological polar surface area (TPSA) is 67.2 Å². The molecule has 6 nitrogen and oxygen atoms in total. The normalized spacial score (nSPS) is 22.6. The highest BCUT2D eigenvalue weighted by molar-refractivity contribution is 7.99. The van der Waals surface area contributed by atoms with Crippen molar-refractivity contribution >= 4 is 34.6 Å². The molecule has 1 aliphatic carbocycles. The number of nitrogens with zero attached hydrogens (tertiary/aromatic N) is 3. The number of benzene rings is 1. The molecule has 2 aromatic rings. The summed E-state index contributed by atoms with van der Waals surface area (Å²) in [6, 6.07) is 8.75. The molecule has 1 saturated carbocycles. The standard InChI is InChI=1S/C24H34N4O2S/c1-17-9-8-10-18(2)28(17)23(30)16-31-24-26-20-13-6-7-14-21(20)27(24)15-22(29)25-19-11-4-3-5-12-19/h6-7,13-14,17-19H,3-5,8-12,15-16H2,1-2H3,(H,25,29). The molecule has 7 heteroatoms. The fourth-order valence-electron chi connectivity index (χ4n) is 5.09. The number of rotatable bonds is 6. The summed E-state index contributed by atoms with van der Waals surface area (Å²) < 4.78 is 1.97. The molecule has 168 valence electrons. The van der Waals surface area contributed by atoms with Crippen molar-refractivity contribution in [1.82, 2.24) is 19.8 Å². The first kappa shape index (κ1) is 22.2. The van der Waals surface area contributed by atoms with Gasteiger partial charge in [0.2, 0.25) is 11.8 Å². The predicted octanol–water partition coefficient (Wildman–Crippen LogP) is 4.37. The van der Waals surface area contributed by atoms with Crippen LogP contribution >= 0.6 is 11.8 Å². The second-order valence-corrected chi connectivity index (χ2v) is 10.0. The Kier molecular flexibility index (Phi) is 7.20. The fourth-order valence-corrected chi connectivity index (χ4v) is 5.98. The Hall–Kier alpha value is -2.02. The molecule has 2 amide bonds. The van der Waals surface area contributed by atoms with Crippen molar-refractivity contribution in [2.24, 2.45) is 0 Å². The third kappa shape index (κ3) is 5.25. The second kappa shape index (κ2) is 10.1. The Balaban J connectivity index is 1.47. The number of likely N-dealkylation sites (tertiary alicyclic amines) is 1. The molecular formula is C24H34N4O2S. The van der Waals surface area contributed by atoms with Crippen LogP contribution in [0.4, 0.5) is 0 Å². The molecular weight excluding hydrogens is 408 g/mol. The number of aromatic nitrogens is 2. The minimum absolute atomic E-state index is 0.0292. The third-order valence-corrected chi connectivity index (χ3v) is 7.66. The zero-order valence-electron chi connectivity index (χ0n) is 18.7. The van der Waals surface area contributed by atoms with Gasteiger partial charge in [-0.05, 0) is 58.1 Å². The summed E-state index contributed by atoms with van der Waals surface area (Å²) in [5, 5.41) is 3.95. The first-order chi connectivity index (χ1) is 15.0. The minimum Gasteiger partial charge on any atom is -0.352 e. The van der Waals surface area contributed by atoms with Crippen molar-refractivity contribution in [1.29, 1.82) is 0 Å². The van der Waals surface area contributed by atoms with E-state index in [9.17, 15) is 9.59 Å². The smallest absolute Gasteiger partial charge is 0.240 e. The summed E-state index contributed by atoms with van der Waals surface area (Å²) in [6.45, 7) is 4.52. The molecule has 2 aliphatic rings. The summed E-state index contributed by atoms with van der Waals surface area (Å²) in [5.74, 6) is 0.541. The highest BCUT2D eigenvalue weighted by Crippen LogP contribution is 2.27. The van der Waals surface area contributed by atoms with Gasteiger partial charge in [0.05, 0.1) is 16.8 Å². The van der Waals surface area contributed by atoms with Gasteiger partial charge in [-0.3, -0.25) is 9.59 Å². The number of carbonyl (C=O) groups is 2. The molecule has 2 atom stereocenters. The van der Waals surface area contributed by atoms with Gasteiger partial charge in [0.25, 0.3) is 0 Å². The van der Waals surface area contributed by atoms with Crippen LogP contribution < -0.4 is 5.32 Å². The Morgan fingerprint density at radius 1 is 1.03 bits per heavy atom. The van der Waals surface area contributed by atoms with Gasteiger partial charge in [-0.1, -0.05) is 43.2 Å². The van der Waals surface area contributed by atoms with Gasteiger partial charge in [0, 0.05) is 18.1 Å². The molecule has 1 aromatic heterocycles. The lowest BCUT2D eigenvalue weighted by molar-refractivity contribution is -0.134. The molecule has 1 N–H and O–H groups in total. The van der Waals surface area contributed by atoms with Crippen LogP contribution in [0.15, 0.2) is 29.4 Å². The van der Waals surface area contributed by atoms with Crippen LogP contribution in [0.5, 0.6) is 0 Å². The quantitative estimate of drug-likeness (QED) is 0.675. The Morgan fingerprint density at radius 2 is 1.74 bits per heavy atom. The zero-order valence-corrected chi connectivity index (χ0v) is 19.5. The van der Waals surface area contributed by atoms with E-state index in [4.69, 9.17) is 4.98 Å². The van der Waals surface area contributed by atoms with E-state index in [1.54, 1.807) is 0 Å². The summed E-state index contributed by atoms with van der Waals surface area (Å²) in [7, 11) is 0. The van der Waals surface area contributed by atoms with E-state index in [-0.39, 0.29) is 36.5 Å². The number of thioether (sulfide) groups is 1. The summed E-state index contributed by atoms with van der Waals surface area (Å²) in [4.78, 5) is 32.6. The van der Waals surface area contributed by atoms with Crippen LogP contribution in [0, 0.1) is 0 Å². The number of hydrogen-bond acceptors (Lipinski definition) is 4. The van der Waals surface area contributed by atoms with Gasteiger partial charge < -0.3 is 14.8 Å². The third-order valence-electron chi connectivity index (χ3n) is 6.70. The largest absolute Gasteiger partial charge is 0.352 e. The van der Waals surface area contributed by atoms with Crippen LogP contribution in [-0.2, 0) is 16.1 Å². The Bertz CT molecular complexity index is 911. The highest BCUT2D eigenvalue weighted by Gasteiger charge is 2.29. The van der Waals surface area contributed by atoms with Crippen molar-refractivity contribution in [3.8, 4) is 0 Å². The average molecular weight is 443 g/mol. The van der Waals surface area contributed by atoms with E-state index in [0.29, 0.717) is 5.75 Å². The number of fused-ring (bicyclic) bond motifs is 1. The number of amides is 2. The Labute approximate surface area is 189 Å². The first-order valence-corrected chi connectivity index (χ1v) is 12.7. The number of para-hydroxylation sites is 2. The maximum absolute atomic E-state index is 13.0. The van der Waals surface area contributed by atoms with Gasteiger partial charge in [-0.15, -0.1) is 0 Å². The maximum atomic E-state index is 13.0. The zero-order chi connectivity index (χ0) is 21.8. The van der Waals surface area contributed by atoms with Crippen LogP contribution in [0.1, 0.15) is 65.2 Å². The molecule has 1 saturated heterocycles. The van der Waals surface area contributed by atoms with Gasteiger partial charge in [0.1, 0.15) is 6.54 Å². The lowest BCUT2D eigenvalue weighted by atomic mass is 9.95. The van der Waals surface area contributed by atoms with Crippen LogP contribution in [0.2, 0.25) is 0 Å². The molecule has 31 heavy (non-hydrogen) atoms. The average Bonchev–Trinajstić information content (AvgIpc) is 3.10. The fraction of sp³-hybridized carbons (Fsp3) is 0.625. The number of piperidine rings is 1. The van der Waals surface area contributed by atoms with Gasteiger partial charge in [-0.2, -0.15) is 0 Å². The molecule has 2 heterocycles. The highest BCUT2D eigenvalue weighted by atomic mass is 32.2. The van der Waals surface area contributed by atoms with Crippen LogP contribution in [-0.4, -0.2) is 50.1 Å². The summed E-state index contributed by atoms with van der Waals surface area (Å²) >= 11 is 1.45. The lowest BCUT2D eigenvalue weighted by Gasteiger charge is -2.39. The lowest BCUT2D eigenvalue weighted by Crippen LogP contribution is -2.48. The predicted molar refractivity (Wildman–Crippen MR) is 125 cm³/mol. The van der Waals surface area contributed by atoms with Crippen molar-refractivity contribution in [2.45, 2.75) is 95.0 Å². The van der Waals surface area contributed by atoms with Crippen LogP contribution in [0.25, 0.3) is 11.0 Å². The number of carbonyl (C=O) groups excluding carboxylic acids is 2. The second-order valence-electron chi connectivity index (χ2n) is 9.09. The molecule has 2 unspecified atom stereocenters. The molecule has 0 radical (unpaired) electrons. The van der Waals surface area contributed by atoms with Crippen molar-refractivity contribution in [3.63, 3.8) is 0 Å². The number of hydrogen-bond donors (Lipinski definition) is 1. The monoisotopic (exact) mass is 442 g/mol. The molecule has 2 fully saturated rings. The molecule has 0 bridgehead atoms. The van der Waals surface area contributed by atoms with Crippen LogP contribution in [0.3, 0.4) is 0 Å². The maximum Gasteiger partial charge on any atom is 0.240 e. The molecule has 4 rings (SSSR count). The molecule has 1 aromatic carbocycles. The van der Waals surface area contributed by atoms with Crippen molar-refractivity contribution < 1.29 is 9.59 Å². The molecule has 0 spiro atoms. The SMILES string of the molecule is CC1CCCC(C)N1C(=O)CSc1nc2ccccc2n1CC(=O)NC1CCCCC1. The number of imidazole rings is 1. The Morgan fingerprint density at radius 3 is 2.48 bits per heavy atom. The summed E-state index contributed by atoms with van der Waals surface area (Å²) in [6.07, 6.45) is 9.11. The van der Waals surface area contributed by atoms with E-state index in [1.165, 1.54) is 37.4 Å².